The van der Waals surface area contributed by atoms with E-state index in [9.17, 15) is 0 Å². The second kappa shape index (κ2) is 9.42. The highest BCUT2D eigenvalue weighted by molar-refractivity contribution is 6.06. The van der Waals surface area contributed by atoms with Crippen LogP contribution in [-0.2, 0) is 0 Å². The first kappa shape index (κ1) is 22.1. The van der Waals surface area contributed by atoms with Crippen LogP contribution in [0, 0.1) is 0 Å². The van der Waals surface area contributed by atoms with Gasteiger partial charge in [0.1, 0.15) is 11.2 Å². The zero-order chi connectivity index (χ0) is 25.3. The quantitative estimate of drug-likeness (QED) is 0.240. The van der Waals surface area contributed by atoms with E-state index in [4.69, 9.17) is 4.42 Å². The van der Waals surface area contributed by atoms with Crippen LogP contribution < -0.4 is 4.90 Å². The molecular formula is C36H25NO. The number of fused-ring (bicyclic) bond motifs is 3. The van der Waals surface area contributed by atoms with Crippen molar-refractivity contribution in [2.24, 2.45) is 0 Å². The number of para-hydroxylation sites is 2. The van der Waals surface area contributed by atoms with Gasteiger partial charge in [0.05, 0.1) is 5.69 Å². The van der Waals surface area contributed by atoms with E-state index in [1.54, 1.807) is 0 Å². The molecule has 0 amide bonds. The van der Waals surface area contributed by atoms with E-state index in [0.717, 1.165) is 39.0 Å². The first-order chi connectivity index (χ1) is 18.8. The summed E-state index contributed by atoms with van der Waals surface area (Å²) in [6, 6.07) is 53.2. The van der Waals surface area contributed by atoms with Crippen molar-refractivity contribution in [3.63, 3.8) is 0 Å². The summed E-state index contributed by atoms with van der Waals surface area (Å²) in [6.07, 6.45) is 0. The van der Waals surface area contributed by atoms with Crippen molar-refractivity contribution in [1.82, 2.24) is 0 Å². The minimum absolute atomic E-state index is 0.894. The molecule has 7 rings (SSSR count). The van der Waals surface area contributed by atoms with Gasteiger partial charge in [-0.25, -0.2) is 0 Å². The monoisotopic (exact) mass is 487 g/mol. The lowest BCUT2D eigenvalue weighted by molar-refractivity contribution is 0.669. The Balaban J connectivity index is 1.43. The van der Waals surface area contributed by atoms with E-state index in [1.165, 1.54) is 22.3 Å². The van der Waals surface area contributed by atoms with E-state index in [0.29, 0.717) is 0 Å². The Labute approximate surface area is 222 Å². The van der Waals surface area contributed by atoms with Gasteiger partial charge in [0.25, 0.3) is 0 Å². The first-order valence-electron chi connectivity index (χ1n) is 12.9. The summed E-state index contributed by atoms with van der Waals surface area (Å²) in [5.41, 5.74) is 9.87. The van der Waals surface area contributed by atoms with Crippen molar-refractivity contribution in [1.29, 1.82) is 0 Å². The van der Waals surface area contributed by atoms with E-state index in [-0.39, 0.29) is 0 Å². The topological polar surface area (TPSA) is 16.4 Å². The highest BCUT2D eigenvalue weighted by atomic mass is 16.3. The number of hydrogen-bond acceptors (Lipinski definition) is 2. The molecule has 1 aromatic heterocycles. The zero-order valence-corrected chi connectivity index (χ0v) is 20.8. The van der Waals surface area contributed by atoms with Crippen LogP contribution in [0.3, 0.4) is 0 Å². The SMILES string of the molecule is c1ccc(-c2ccc(N(c3ccc4oc5ccccc5c4c3)c3ccccc3-c3ccccc3)cc2)cc1. The van der Waals surface area contributed by atoms with E-state index in [2.05, 4.69) is 144 Å². The molecule has 0 aliphatic heterocycles. The first-order valence-corrected chi connectivity index (χ1v) is 12.9. The standard InChI is InChI=1S/C36H25NO/c1-3-11-26(12-4-1)27-19-21-29(22-20-27)37(34-17-9-7-15-31(34)28-13-5-2-6-14-28)30-23-24-36-33(25-30)32-16-8-10-18-35(32)38-36/h1-25H. The Morgan fingerprint density at radius 2 is 0.974 bits per heavy atom. The highest BCUT2D eigenvalue weighted by Gasteiger charge is 2.18. The van der Waals surface area contributed by atoms with Crippen molar-refractivity contribution in [3.8, 4) is 22.3 Å². The lowest BCUT2D eigenvalue weighted by Crippen LogP contribution is -2.11. The van der Waals surface area contributed by atoms with Crippen LogP contribution in [0.4, 0.5) is 17.1 Å². The maximum atomic E-state index is 6.14. The average Bonchev–Trinajstić information content (AvgIpc) is 3.37. The molecule has 0 radical (unpaired) electrons. The summed E-state index contributed by atoms with van der Waals surface area (Å²) < 4.78 is 6.14. The smallest absolute Gasteiger partial charge is 0.135 e. The van der Waals surface area contributed by atoms with Crippen LogP contribution in [0.1, 0.15) is 0 Å². The Morgan fingerprint density at radius 1 is 0.395 bits per heavy atom. The average molecular weight is 488 g/mol. The third kappa shape index (κ3) is 3.93. The summed E-state index contributed by atoms with van der Waals surface area (Å²) in [5.74, 6) is 0. The van der Waals surface area contributed by atoms with Crippen molar-refractivity contribution < 1.29 is 4.42 Å². The molecule has 38 heavy (non-hydrogen) atoms. The third-order valence-corrected chi connectivity index (χ3v) is 7.08. The highest BCUT2D eigenvalue weighted by Crippen LogP contribution is 2.43. The summed E-state index contributed by atoms with van der Waals surface area (Å²) >= 11 is 0. The van der Waals surface area contributed by atoms with E-state index < -0.39 is 0 Å². The summed E-state index contributed by atoms with van der Waals surface area (Å²) in [5, 5.41) is 2.24. The third-order valence-electron chi connectivity index (χ3n) is 7.08. The molecule has 0 bridgehead atoms. The Bertz CT molecular complexity index is 1850. The number of furan rings is 1. The Morgan fingerprint density at radius 3 is 1.76 bits per heavy atom. The molecule has 1 heterocycles. The van der Waals surface area contributed by atoms with Crippen LogP contribution in [0.5, 0.6) is 0 Å². The van der Waals surface area contributed by atoms with Gasteiger partial charge in [-0.1, -0.05) is 109 Å². The molecule has 0 saturated carbocycles. The fourth-order valence-electron chi connectivity index (χ4n) is 5.24. The van der Waals surface area contributed by atoms with Crippen LogP contribution in [0.15, 0.2) is 156 Å². The van der Waals surface area contributed by atoms with E-state index >= 15 is 0 Å². The van der Waals surface area contributed by atoms with Crippen molar-refractivity contribution in [2.75, 3.05) is 4.90 Å². The van der Waals surface area contributed by atoms with Gasteiger partial charge in [-0.2, -0.15) is 0 Å². The minimum Gasteiger partial charge on any atom is -0.456 e. The molecule has 0 unspecified atom stereocenters. The maximum Gasteiger partial charge on any atom is 0.135 e. The van der Waals surface area contributed by atoms with Crippen LogP contribution >= 0.6 is 0 Å². The molecule has 0 fully saturated rings. The van der Waals surface area contributed by atoms with Gasteiger partial charge in [0, 0.05) is 27.7 Å². The molecular weight excluding hydrogens is 462 g/mol. The molecule has 7 aromatic rings. The molecule has 0 aliphatic rings. The van der Waals surface area contributed by atoms with Gasteiger partial charge < -0.3 is 9.32 Å². The molecule has 0 aliphatic carbocycles. The number of anilines is 3. The second-order valence-corrected chi connectivity index (χ2v) is 9.41. The van der Waals surface area contributed by atoms with Gasteiger partial charge in [-0.3, -0.25) is 0 Å². The lowest BCUT2D eigenvalue weighted by Gasteiger charge is -2.28. The number of hydrogen-bond donors (Lipinski definition) is 0. The van der Waals surface area contributed by atoms with Crippen molar-refractivity contribution in [3.05, 3.63) is 152 Å². The summed E-state index contributed by atoms with van der Waals surface area (Å²) in [4.78, 5) is 2.35. The zero-order valence-electron chi connectivity index (χ0n) is 20.8. The Hall–Kier alpha value is -5.08. The molecule has 2 nitrogen and oxygen atoms in total. The molecule has 0 saturated heterocycles. The molecule has 180 valence electrons. The largest absolute Gasteiger partial charge is 0.456 e. The van der Waals surface area contributed by atoms with Crippen LogP contribution in [0.2, 0.25) is 0 Å². The maximum absolute atomic E-state index is 6.14. The molecule has 2 heteroatoms. The Kier molecular flexibility index (Phi) is 5.49. The summed E-state index contributed by atoms with van der Waals surface area (Å²) in [7, 11) is 0. The van der Waals surface area contributed by atoms with Crippen molar-refractivity contribution in [2.45, 2.75) is 0 Å². The van der Waals surface area contributed by atoms with Crippen LogP contribution in [0.25, 0.3) is 44.2 Å². The fraction of sp³-hybridized carbons (Fsp3) is 0. The number of nitrogens with zero attached hydrogens (tertiary/aromatic N) is 1. The van der Waals surface area contributed by atoms with Gasteiger partial charge >= 0.3 is 0 Å². The normalized spacial score (nSPS) is 11.2. The van der Waals surface area contributed by atoms with Gasteiger partial charge in [0.2, 0.25) is 0 Å². The van der Waals surface area contributed by atoms with Crippen LogP contribution in [-0.4, -0.2) is 0 Å². The predicted octanol–water partition coefficient (Wildman–Crippen LogP) is 10.4. The summed E-state index contributed by atoms with van der Waals surface area (Å²) in [6.45, 7) is 0. The van der Waals surface area contributed by atoms with Gasteiger partial charge in [-0.05, 0) is 59.2 Å². The second-order valence-electron chi connectivity index (χ2n) is 9.41. The number of benzene rings is 6. The van der Waals surface area contributed by atoms with Gasteiger partial charge in [0.15, 0.2) is 0 Å². The molecule has 0 spiro atoms. The fourth-order valence-corrected chi connectivity index (χ4v) is 5.24. The molecule has 0 atom stereocenters. The van der Waals surface area contributed by atoms with E-state index in [1.807, 2.05) is 12.1 Å². The molecule has 0 N–H and O–H groups in total. The minimum atomic E-state index is 0.894. The molecule has 6 aromatic carbocycles. The van der Waals surface area contributed by atoms with Gasteiger partial charge in [-0.15, -0.1) is 0 Å². The van der Waals surface area contributed by atoms with Crippen molar-refractivity contribution >= 4 is 39.0 Å². The number of rotatable bonds is 5. The predicted molar refractivity (Wildman–Crippen MR) is 159 cm³/mol. The lowest BCUT2D eigenvalue weighted by atomic mass is 10.0.